The van der Waals surface area contributed by atoms with E-state index in [1.165, 1.54) is 28.0 Å². The van der Waals surface area contributed by atoms with E-state index >= 15 is 0 Å². The molecule has 0 aliphatic heterocycles. The van der Waals surface area contributed by atoms with E-state index in [1.807, 2.05) is 12.1 Å². The third-order valence-electron chi connectivity index (χ3n) is 4.08. The number of carbonyl (C=O) groups is 2. The Labute approximate surface area is 157 Å². The van der Waals surface area contributed by atoms with Gasteiger partial charge in [0.2, 0.25) is 11.8 Å². The third-order valence-corrected chi connectivity index (χ3v) is 4.08. The first-order chi connectivity index (χ1) is 12.9. The first-order valence-corrected chi connectivity index (χ1v) is 8.41. The molecule has 2 rings (SSSR count). The van der Waals surface area contributed by atoms with Gasteiger partial charge in [0.15, 0.2) is 0 Å². The van der Waals surface area contributed by atoms with Crippen molar-refractivity contribution in [3.8, 4) is 6.07 Å². The van der Waals surface area contributed by atoms with Crippen molar-refractivity contribution in [2.75, 3.05) is 25.0 Å². The number of anilines is 1. The quantitative estimate of drug-likeness (QED) is 0.774. The van der Waals surface area contributed by atoms with Crippen molar-refractivity contribution in [2.45, 2.75) is 12.5 Å². The summed E-state index contributed by atoms with van der Waals surface area (Å²) in [5.74, 6) is -1.46. The second-order valence-electron chi connectivity index (χ2n) is 6.06. The predicted octanol–water partition coefficient (Wildman–Crippen LogP) is 2.23. The molecule has 27 heavy (non-hydrogen) atoms. The Morgan fingerprint density at radius 3 is 2.48 bits per heavy atom. The fourth-order valence-corrected chi connectivity index (χ4v) is 2.87. The number of nitrogens with two attached hydrogens (primary N) is 1. The fraction of sp³-hybridized carbons (Fsp3) is 0.250. The summed E-state index contributed by atoms with van der Waals surface area (Å²) in [5, 5.41) is 8.87. The molecule has 2 aromatic rings. The van der Waals surface area contributed by atoms with Gasteiger partial charge in [-0.2, -0.15) is 5.26 Å². The summed E-state index contributed by atoms with van der Waals surface area (Å²) in [6, 6.07) is 15.6. The highest BCUT2D eigenvalue weighted by molar-refractivity contribution is 5.95. The second kappa shape index (κ2) is 9.46. The van der Waals surface area contributed by atoms with E-state index < -0.39 is 17.8 Å². The van der Waals surface area contributed by atoms with Crippen molar-refractivity contribution in [1.82, 2.24) is 4.90 Å². The number of primary amides is 1. The fourth-order valence-electron chi connectivity index (χ4n) is 2.87. The zero-order valence-electron chi connectivity index (χ0n) is 15.0. The maximum Gasteiger partial charge on any atom is 0.241 e. The van der Waals surface area contributed by atoms with Crippen molar-refractivity contribution in [1.29, 1.82) is 5.26 Å². The topological polar surface area (TPSA) is 90.4 Å². The number of carbonyl (C=O) groups excluding carboxylic acids is 2. The van der Waals surface area contributed by atoms with Crippen molar-refractivity contribution >= 4 is 17.5 Å². The lowest BCUT2D eigenvalue weighted by atomic mass is 10.0. The van der Waals surface area contributed by atoms with Crippen LogP contribution in [0.15, 0.2) is 54.6 Å². The van der Waals surface area contributed by atoms with Crippen molar-refractivity contribution in [2.24, 2.45) is 5.73 Å². The number of likely N-dealkylation sites (N-methyl/N-ethyl adjacent to an activating group) is 1. The standard InChI is InChI=1S/C20H21FN4O2/c1-24(19(20(23)27)15-7-5-8-16(21)13-15)14-18(26)25(12-6-11-22)17-9-3-2-4-10-17/h2-5,7-10,13,19H,6,12,14H2,1H3,(H2,23,27). The number of hydrogen-bond acceptors (Lipinski definition) is 4. The molecule has 0 bridgehead atoms. The highest BCUT2D eigenvalue weighted by Gasteiger charge is 2.27. The molecule has 2 aromatic carbocycles. The molecule has 0 aliphatic carbocycles. The normalized spacial score (nSPS) is 11.6. The summed E-state index contributed by atoms with van der Waals surface area (Å²) >= 11 is 0. The predicted molar refractivity (Wildman–Crippen MR) is 100.0 cm³/mol. The molecular formula is C20H21FN4O2. The van der Waals surface area contributed by atoms with Gasteiger partial charge in [-0.1, -0.05) is 30.3 Å². The zero-order chi connectivity index (χ0) is 19.8. The molecule has 0 saturated carbocycles. The summed E-state index contributed by atoms with van der Waals surface area (Å²) in [7, 11) is 1.58. The summed E-state index contributed by atoms with van der Waals surface area (Å²) in [6.45, 7) is 0.110. The van der Waals surface area contributed by atoms with Gasteiger partial charge in [-0.05, 0) is 36.9 Å². The molecule has 1 unspecified atom stereocenters. The Bertz CT molecular complexity index is 835. The molecule has 1 atom stereocenters. The summed E-state index contributed by atoms with van der Waals surface area (Å²) in [4.78, 5) is 27.7. The molecule has 2 N–H and O–H groups in total. The lowest BCUT2D eigenvalue weighted by Crippen LogP contribution is -2.44. The van der Waals surface area contributed by atoms with Crippen LogP contribution in [-0.4, -0.2) is 36.9 Å². The second-order valence-corrected chi connectivity index (χ2v) is 6.06. The van der Waals surface area contributed by atoms with Crippen LogP contribution in [0, 0.1) is 17.1 Å². The van der Waals surface area contributed by atoms with Gasteiger partial charge in [0.1, 0.15) is 11.9 Å². The number of halogens is 1. The highest BCUT2D eigenvalue weighted by Crippen LogP contribution is 2.21. The largest absolute Gasteiger partial charge is 0.368 e. The van der Waals surface area contributed by atoms with Gasteiger partial charge in [0, 0.05) is 12.2 Å². The summed E-state index contributed by atoms with van der Waals surface area (Å²) in [6.07, 6.45) is 0.174. The van der Waals surface area contributed by atoms with Gasteiger partial charge in [-0.3, -0.25) is 14.5 Å². The smallest absolute Gasteiger partial charge is 0.241 e. The van der Waals surface area contributed by atoms with Crippen LogP contribution >= 0.6 is 0 Å². The summed E-state index contributed by atoms with van der Waals surface area (Å²) in [5.41, 5.74) is 6.53. The van der Waals surface area contributed by atoms with Crippen LogP contribution < -0.4 is 10.6 Å². The minimum absolute atomic E-state index is 0.121. The Hall–Kier alpha value is -3.24. The number of nitrogens with zero attached hydrogens (tertiary/aromatic N) is 3. The van der Waals surface area contributed by atoms with Crippen molar-refractivity contribution in [3.63, 3.8) is 0 Å². The van der Waals surface area contributed by atoms with E-state index in [4.69, 9.17) is 11.0 Å². The van der Waals surface area contributed by atoms with E-state index in [2.05, 4.69) is 0 Å². The van der Waals surface area contributed by atoms with Crippen LogP contribution in [0.5, 0.6) is 0 Å². The first-order valence-electron chi connectivity index (χ1n) is 8.41. The summed E-state index contributed by atoms with van der Waals surface area (Å²) < 4.78 is 13.5. The molecule has 7 heteroatoms. The van der Waals surface area contributed by atoms with E-state index in [0.29, 0.717) is 11.3 Å². The van der Waals surface area contributed by atoms with Gasteiger partial charge in [-0.15, -0.1) is 0 Å². The number of benzene rings is 2. The first kappa shape index (κ1) is 20.1. The SMILES string of the molecule is CN(CC(=O)N(CCC#N)c1ccccc1)C(C(N)=O)c1cccc(F)c1. The number of rotatable bonds is 8. The minimum atomic E-state index is -0.946. The van der Waals surface area contributed by atoms with E-state index in [1.54, 1.807) is 37.4 Å². The molecule has 0 spiro atoms. The van der Waals surface area contributed by atoms with Crippen LogP contribution in [0.2, 0.25) is 0 Å². The van der Waals surface area contributed by atoms with Crippen LogP contribution in [-0.2, 0) is 9.59 Å². The lowest BCUT2D eigenvalue weighted by Gasteiger charge is -2.29. The molecule has 2 amide bonds. The molecule has 0 saturated heterocycles. The van der Waals surface area contributed by atoms with Crippen LogP contribution in [0.1, 0.15) is 18.0 Å². The highest BCUT2D eigenvalue weighted by atomic mass is 19.1. The maximum atomic E-state index is 13.5. The van der Waals surface area contributed by atoms with Gasteiger partial charge in [0.05, 0.1) is 19.0 Å². The zero-order valence-corrected chi connectivity index (χ0v) is 15.0. The van der Waals surface area contributed by atoms with Crippen molar-refractivity contribution < 1.29 is 14.0 Å². The van der Waals surface area contributed by atoms with Gasteiger partial charge in [0.25, 0.3) is 0 Å². The molecule has 140 valence electrons. The Morgan fingerprint density at radius 1 is 1.19 bits per heavy atom. The van der Waals surface area contributed by atoms with Gasteiger partial charge < -0.3 is 10.6 Å². The molecule has 0 aromatic heterocycles. The third kappa shape index (κ3) is 5.36. The molecule has 0 heterocycles. The number of amides is 2. The lowest BCUT2D eigenvalue weighted by molar-refractivity contribution is -0.125. The maximum absolute atomic E-state index is 13.5. The number of nitriles is 1. The number of hydrogen-bond donors (Lipinski definition) is 1. The van der Waals surface area contributed by atoms with Crippen LogP contribution in [0.4, 0.5) is 10.1 Å². The average molecular weight is 368 g/mol. The van der Waals surface area contributed by atoms with Gasteiger partial charge >= 0.3 is 0 Å². The van der Waals surface area contributed by atoms with Crippen molar-refractivity contribution in [3.05, 3.63) is 66.0 Å². The van der Waals surface area contributed by atoms with Gasteiger partial charge in [-0.25, -0.2) is 4.39 Å². The Balaban J connectivity index is 2.21. The molecule has 0 aliphatic rings. The molecule has 6 nitrogen and oxygen atoms in total. The minimum Gasteiger partial charge on any atom is -0.368 e. The molecule has 0 fully saturated rings. The van der Waals surface area contributed by atoms with Crippen LogP contribution in [0.25, 0.3) is 0 Å². The monoisotopic (exact) mass is 368 g/mol. The van der Waals surface area contributed by atoms with E-state index in [0.717, 1.165) is 0 Å². The average Bonchev–Trinajstić information content (AvgIpc) is 2.62. The van der Waals surface area contributed by atoms with Crippen LogP contribution in [0.3, 0.4) is 0 Å². The van der Waals surface area contributed by atoms with E-state index in [-0.39, 0.29) is 25.4 Å². The Kier molecular flexibility index (Phi) is 7.03. The van der Waals surface area contributed by atoms with E-state index in [9.17, 15) is 14.0 Å². The molecule has 0 radical (unpaired) electrons. The molecular weight excluding hydrogens is 347 g/mol. The Morgan fingerprint density at radius 2 is 1.89 bits per heavy atom. The number of para-hydroxylation sites is 1.